The van der Waals surface area contributed by atoms with Crippen molar-refractivity contribution in [3.05, 3.63) is 0 Å². The Morgan fingerprint density at radius 2 is 2.00 bits per heavy atom. The van der Waals surface area contributed by atoms with Gasteiger partial charge in [0, 0.05) is 6.54 Å². The molecule has 0 saturated carbocycles. The average molecular weight is 261 g/mol. The van der Waals surface area contributed by atoms with Crippen LogP contribution in [0.5, 0.6) is 0 Å². The van der Waals surface area contributed by atoms with Crippen molar-refractivity contribution in [1.29, 1.82) is 0 Å². The van der Waals surface area contributed by atoms with E-state index in [-0.39, 0.29) is 5.25 Å². The summed E-state index contributed by atoms with van der Waals surface area (Å²) >= 11 is 0. The molecular weight excluding hydrogens is 238 g/mol. The average Bonchev–Trinajstić information content (AvgIpc) is 2.80. The van der Waals surface area contributed by atoms with E-state index in [1.807, 2.05) is 7.05 Å². The van der Waals surface area contributed by atoms with Crippen molar-refractivity contribution in [2.75, 3.05) is 39.8 Å². The minimum atomic E-state index is -3.10. The second-order valence-electron chi connectivity index (χ2n) is 5.25. The lowest BCUT2D eigenvalue weighted by Gasteiger charge is -2.29. The van der Waals surface area contributed by atoms with Gasteiger partial charge in [-0.1, -0.05) is 0 Å². The molecule has 0 aliphatic carbocycles. The summed E-state index contributed by atoms with van der Waals surface area (Å²) in [7, 11) is -1.06. The minimum absolute atomic E-state index is 0.187. The maximum Gasteiger partial charge on any atom is 0.214 e. The van der Waals surface area contributed by atoms with Crippen molar-refractivity contribution in [3.63, 3.8) is 0 Å². The monoisotopic (exact) mass is 261 g/mol. The Labute approximate surface area is 104 Å². The van der Waals surface area contributed by atoms with Crippen LogP contribution in [0.25, 0.3) is 0 Å². The van der Waals surface area contributed by atoms with Crippen LogP contribution in [0.3, 0.4) is 0 Å². The molecule has 2 aliphatic heterocycles. The topological polar surface area (TPSA) is 61.4 Å². The van der Waals surface area contributed by atoms with Crippen LogP contribution in [-0.4, -0.2) is 58.3 Å². The quantitative estimate of drug-likeness (QED) is 0.723. The Morgan fingerprint density at radius 3 is 2.59 bits per heavy atom. The first-order valence-corrected chi connectivity index (χ1v) is 8.00. The fourth-order valence-electron chi connectivity index (χ4n) is 2.54. The summed E-state index contributed by atoms with van der Waals surface area (Å²) in [4.78, 5) is 2.19. The van der Waals surface area contributed by atoms with E-state index >= 15 is 0 Å². The van der Waals surface area contributed by atoms with E-state index in [0.717, 1.165) is 45.4 Å². The van der Waals surface area contributed by atoms with E-state index in [1.165, 1.54) is 0 Å². The van der Waals surface area contributed by atoms with Crippen LogP contribution >= 0.6 is 0 Å². The normalized spacial score (nSPS) is 28.6. The largest absolute Gasteiger partial charge is 0.316 e. The fraction of sp³-hybridized carbons (Fsp3) is 1.00. The summed E-state index contributed by atoms with van der Waals surface area (Å²) in [5.41, 5.74) is 0. The molecule has 0 radical (unpaired) electrons. The highest BCUT2D eigenvalue weighted by molar-refractivity contribution is 7.90. The first kappa shape index (κ1) is 13.3. The summed E-state index contributed by atoms with van der Waals surface area (Å²) in [6.07, 6.45) is 2.60. The second-order valence-corrected chi connectivity index (χ2v) is 7.30. The van der Waals surface area contributed by atoms with Gasteiger partial charge in [0.1, 0.15) is 0 Å². The van der Waals surface area contributed by atoms with Gasteiger partial charge in [0.2, 0.25) is 10.0 Å². The van der Waals surface area contributed by atoms with Gasteiger partial charge in [-0.3, -0.25) is 0 Å². The van der Waals surface area contributed by atoms with Crippen molar-refractivity contribution in [2.24, 2.45) is 5.92 Å². The Hall–Kier alpha value is -0.170. The number of piperidine rings is 1. The Kier molecular flexibility index (Phi) is 4.41. The van der Waals surface area contributed by atoms with Gasteiger partial charge in [-0.05, 0) is 58.4 Å². The Morgan fingerprint density at radius 1 is 1.29 bits per heavy atom. The number of hydrogen-bond donors (Lipinski definition) is 2. The Balaban J connectivity index is 1.81. The molecule has 2 aliphatic rings. The molecule has 100 valence electrons. The molecule has 2 fully saturated rings. The third kappa shape index (κ3) is 3.64. The zero-order chi connectivity index (χ0) is 12.3. The maximum absolute atomic E-state index is 12.1. The van der Waals surface area contributed by atoms with Crippen LogP contribution in [0.15, 0.2) is 0 Å². The number of nitrogens with one attached hydrogen (secondary N) is 2. The zero-order valence-electron chi connectivity index (χ0n) is 10.5. The molecule has 0 spiro atoms. The van der Waals surface area contributed by atoms with E-state index in [2.05, 4.69) is 14.9 Å². The summed E-state index contributed by atoms with van der Waals surface area (Å²) < 4.78 is 27.0. The molecule has 0 aromatic heterocycles. The summed E-state index contributed by atoms with van der Waals surface area (Å²) in [5, 5.41) is 3.07. The van der Waals surface area contributed by atoms with E-state index in [9.17, 15) is 8.42 Å². The lowest BCUT2D eigenvalue weighted by Crippen LogP contribution is -2.43. The molecule has 17 heavy (non-hydrogen) atoms. The third-order valence-electron chi connectivity index (χ3n) is 3.84. The summed E-state index contributed by atoms with van der Waals surface area (Å²) in [5.74, 6) is 0.469. The molecule has 0 aromatic rings. The van der Waals surface area contributed by atoms with Gasteiger partial charge in [-0.25, -0.2) is 13.1 Å². The van der Waals surface area contributed by atoms with Crippen LogP contribution in [0.4, 0.5) is 0 Å². The fourth-order valence-corrected chi connectivity index (χ4v) is 4.07. The van der Waals surface area contributed by atoms with Crippen molar-refractivity contribution in [3.8, 4) is 0 Å². The zero-order valence-corrected chi connectivity index (χ0v) is 11.3. The van der Waals surface area contributed by atoms with Crippen LogP contribution in [0.1, 0.15) is 19.3 Å². The van der Waals surface area contributed by atoms with Crippen LogP contribution in [0.2, 0.25) is 0 Å². The highest BCUT2D eigenvalue weighted by Crippen LogP contribution is 2.16. The van der Waals surface area contributed by atoms with E-state index in [4.69, 9.17) is 0 Å². The number of rotatable bonds is 4. The highest BCUT2D eigenvalue weighted by atomic mass is 32.2. The molecule has 2 heterocycles. The molecule has 6 heteroatoms. The van der Waals surface area contributed by atoms with Gasteiger partial charge in [0.05, 0.1) is 5.25 Å². The number of likely N-dealkylation sites (tertiary alicyclic amines) is 1. The maximum atomic E-state index is 12.1. The molecule has 1 atom stereocenters. The van der Waals surface area contributed by atoms with Crippen molar-refractivity contribution < 1.29 is 8.42 Å². The van der Waals surface area contributed by atoms with Crippen LogP contribution < -0.4 is 10.0 Å². The number of sulfonamides is 1. The number of hydrogen-bond acceptors (Lipinski definition) is 4. The van der Waals surface area contributed by atoms with Gasteiger partial charge < -0.3 is 10.2 Å². The predicted octanol–water partition coefficient (Wildman–Crippen LogP) is -0.390. The SMILES string of the molecule is CN1CCC(S(=O)(=O)NCC2CCNC2)CC1. The first-order chi connectivity index (χ1) is 8.08. The number of nitrogens with zero attached hydrogens (tertiary/aromatic N) is 1. The lowest BCUT2D eigenvalue weighted by molar-refractivity contribution is 0.277. The first-order valence-electron chi connectivity index (χ1n) is 6.45. The van der Waals surface area contributed by atoms with Gasteiger partial charge >= 0.3 is 0 Å². The van der Waals surface area contributed by atoms with Crippen molar-refractivity contribution in [1.82, 2.24) is 14.9 Å². The van der Waals surface area contributed by atoms with Gasteiger partial charge in [0.25, 0.3) is 0 Å². The molecule has 2 rings (SSSR count). The standard InChI is InChI=1S/C11H23N3O2S/c1-14-6-3-11(4-7-14)17(15,16)13-9-10-2-5-12-8-10/h10-13H,2-9H2,1H3. The molecule has 2 N–H and O–H groups in total. The minimum Gasteiger partial charge on any atom is -0.316 e. The molecule has 0 aromatic carbocycles. The molecular formula is C11H23N3O2S. The molecule has 2 saturated heterocycles. The molecule has 1 unspecified atom stereocenters. The van der Waals surface area contributed by atoms with Gasteiger partial charge in [-0.2, -0.15) is 0 Å². The van der Waals surface area contributed by atoms with Crippen molar-refractivity contribution >= 4 is 10.0 Å². The third-order valence-corrected chi connectivity index (χ3v) is 5.76. The second kappa shape index (κ2) is 5.65. The highest BCUT2D eigenvalue weighted by Gasteiger charge is 2.29. The predicted molar refractivity (Wildman–Crippen MR) is 68.4 cm³/mol. The van der Waals surface area contributed by atoms with Gasteiger partial charge in [0.15, 0.2) is 0 Å². The van der Waals surface area contributed by atoms with Crippen LogP contribution in [-0.2, 0) is 10.0 Å². The summed E-state index contributed by atoms with van der Waals surface area (Å²) in [6, 6.07) is 0. The van der Waals surface area contributed by atoms with E-state index < -0.39 is 10.0 Å². The van der Waals surface area contributed by atoms with E-state index in [0.29, 0.717) is 12.5 Å². The summed E-state index contributed by atoms with van der Waals surface area (Å²) in [6.45, 7) is 4.32. The van der Waals surface area contributed by atoms with E-state index in [1.54, 1.807) is 0 Å². The molecule has 5 nitrogen and oxygen atoms in total. The lowest BCUT2D eigenvalue weighted by atomic mass is 10.1. The van der Waals surface area contributed by atoms with Crippen LogP contribution in [0, 0.1) is 5.92 Å². The molecule has 0 amide bonds. The van der Waals surface area contributed by atoms with Gasteiger partial charge in [-0.15, -0.1) is 0 Å². The smallest absolute Gasteiger partial charge is 0.214 e. The van der Waals surface area contributed by atoms with Crippen molar-refractivity contribution in [2.45, 2.75) is 24.5 Å². The Bertz CT molecular complexity index is 331. The molecule has 0 bridgehead atoms.